The van der Waals surface area contributed by atoms with E-state index in [1.807, 2.05) is 0 Å². The Morgan fingerprint density at radius 3 is 2.58 bits per heavy atom. The molecule has 1 heterocycles. The SMILES string of the molecule is COCCOCC(=O)N(CC(N)=O)C1CCNCC1. The number of nitrogens with zero attached hydrogens (tertiary/aromatic N) is 1. The molecule has 3 N–H and O–H groups in total. The number of nitrogens with two attached hydrogens (primary N) is 1. The van der Waals surface area contributed by atoms with Crippen LogP contribution in [0.15, 0.2) is 0 Å². The Morgan fingerprint density at radius 2 is 2.00 bits per heavy atom. The van der Waals surface area contributed by atoms with Crippen molar-refractivity contribution < 1.29 is 19.1 Å². The van der Waals surface area contributed by atoms with Crippen molar-refractivity contribution in [1.29, 1.82) is 0 Å². The van der Waals surface area contributed by atoms with Crippen LogP contribution in [0.2, 0.25) is 0 Å². The minimum absolute atomic E-state index is 0.0411. The van der Waals surface area contributed by atoms with Crippen LogP contribution in [0.3, 0.4) is 0 Å². The Labute approximate surface area is 113 Å². The predicted octanol–water partition coefficient (Wildman–Crippen LogP) is -1.28. The highest BCUT2D eigenvalue weighted by Gasteiger charge is 2.26. The summed E-state index contributed by atoms with van der Waals surface area (Å²) in [4.78, 5) is 24.7. The topological polar surface area (TPSA) is 93.9 Å². The van der Waals surface area contributed by atoms with E-state index in [1.54, 1.807) is 7.11 Å². The highest BCUT2D eigenvalue weighted by molar-refractivity contribution is 5.84. The molecule has 0 saturated carbocycles. The van der Waals surface area contributed by atoms with Gasteiger partial charge in [0.05, 0.1) is 19.8 Å². The van der Waals surface area contributed by atoms with Crippen molar-refractivity contribution in [2.24, 2.45) is 5.73 Å². The van der Waals surface area contributed by atoms with E-state index in [4.69, 9.17) is 15.2 Å². The van der Waals surface area contributed by atoms with Crippen molar-refractivity contribution in [3.8, 4) is 0 Å². The van der Waals surface area contributed by atoms with Gasteiger partial charge in [-0.1, -0.05) is 0 Å². The van der Waals surface area contributed by atoms with E-state index in [9.17, 15) is 9.59 Å². The van der Waals surface area contributed by atoms with Gasteiger partial charge < -0.3 is 25.4 Å². The number of hydrogen-bond acceptors (Lipinski definition) is 5. The van der Waals surface area contributed by atoms with Crippen LogP contribution < -0.4 is 11.1 Å². The van der Waals surface area contributed by atoms with Crippen LogP contribution in [-0.4, -0.2) is 69.3 Å². The second-order valence-electron chi connectivity index (χ2n) is 4.51. The number of carbonyl (C=O) groups excluding carboxylic acids is 2. The molecule has 0 atom stereocenters. The lowest BCUT2D eigenvalue weighted by Crippen LogP contribution is -2.50. The van der Waals surface area contributed by atoms with E-state index in [0.29, 0.717) is 13.2 Å². The fraction of sp³-hybridized carbons (Fsp3) is 0.833. The maximum Gasteiger partial charge on any atom is 0.249 e. The molecule has 0 aromatic rings. The number of hydrogen-bond donors (Lipinski definition) is 2. The van der Waals surface area contributed by atoms with E-state index in [2.05, 4.69) is 5.32 Å². The maximum atomic E-state index is 12.1. The predicted molar refractivity (Wildman–Crippen MR) is 69.5 cm³/mol. The Morgan fingerprint density at radius 1 is 1.32 bits per heavy atom. The van der Waals surface area contributed by atoms with Gasteiger partial charge in [0.15, 0.2) is 0 Å². The van der Waals surface area contributed by atoms with Crippen molar-refractivity contribution >= 4 is 11.8 Å². The van der Waals surface area contributed by atoms with Gasteiger partial charge in [-0.2, -0.15) is 0 Å². The van der Waals surface area contributed by atoms with Crippen LogP contribution in [-0.2, 0) is 19.1 Å². The summed E-state index contributed by atoms with van der Waals surface area (Å²) < 4.78 is 10.0. The lowest BCUT2D eigenvalue weighted by molar-refractivity contribution is -0.142. The maximum absolute atomic E-state index is 12.1. The first-order valence-corrected chi connectivity index (χ1v) is 6.50. The summed E-state index contributed by atoms with van der Waals surface area (Å²) in [5, 5.41) is 3.22. The molecule has 7 heteroatoms. The molecule has 19 heavy (non-hydrogen) atoms. The molecule has 0 aromatic carbocycles. The molecule has 110 valence electrons. The average molecular weight is 273 g/mol. The summed E-state index contributed by atoms with van der Waals surface area (Å²) in [5.41, 5.74) is 5.20. The third kappa shape index (κ3) is 6.00. The molecular weight excluding hydrogens is 250 g/mol. The number of ether oxygens (including phenoxy) is 2. The summed E-state index contributed by atoms with van der Waals surface area (Å²) in [5.74, 6) is -0.689. The minimum Gasteiger partial charge on any atom is -0.382 e. The van der Waals surface area contributed by atoms with Gasteiger partial charge in [-0.05, 0) is 25.9 Å². The highest BCUT2D eigenvalue weighted by Crippen LogP contribution is 2.12. The first-order chi connectivity index (χ1) is 9.15. The van der Waals surface area contributed by atoms with Crippen molar-refractivity contribution in [1.82, 2.24) is 10.2 Å². The van der Waals surface area contributed by atoms with Gasteiger partial charge >= 0.3 is 0 Å². The van der Waals surface area contributed by atoms with Crippen LogP contribution in [0.25, 0.3) is 0 Å². The molecule has 0 aromatic heterocycles. The van der Waals surface area contributed by atoms with E-state index in [-0.39, 0.29) is 25.1 Å². The smallest absolute Gasteiger partial charge is 0.249 e. The molecule has 0 bridgehead atoms. The zero-order valence-corrected chi connectivity index (χ0v) is 11.4. The largest absolute Gasteiger partial charge is 0.382 e. The number of primary amides is 1. The van der Waals surface area contributed by atoms with Crippen molar-refractivity contribution in [2.75, 3.05) is 46.6 Å². The number of rotatable bonds is 8. The van der Waals surface area contributed by atoms with Crippen molar-refractivity contribution in [3.63, 3.8) is 0 Å². The molecule has 1 aliphatic rings. The van der Waals surface area contributed by atoms with Crippen LogP contribution in [0, 0.1) is 0 Å². The zero-order chi connectivity index (χ0) is 14.1. The van der Waals surface area contributed by atoms with E-state index >= 15 is 0 Å². The number of methoxy groups -OCH3 is 1. The van der Waals surface area contributed by atoms with Crippen LogP contribution in [0.4, 0.5) is 0 Å². The molecule has 0 spiro atoms. The molecule has 0 radical (unpaired) electrons. The Kier molecular flexibility index (Phi) is 7.39. The number of carbonyl (C=O) groups is 2. The Hall–Kier alpha value is -1.18. The molecule has 1 rings (SSSR count). The van der Waals surface area contributed by atoms with Crippen LogP contribution in [0.1, 0.15) is 12.8 Å². The zero-order valence-electron chi connectivity index (χ0n) is 11.4. The molecule has 1 saturated heterocycles. The quantitative estimate of drug-likeness (QED) is 0.537. The van der Waals surface area contributed by atoms with Crippen molar-refractivity contribution in [3.05, 3.63) is 0 Å². The molecular formula is C12H23N3O4. The molecule has 7 nitrogen and oxygen atoms in total. The summed E-state index contributed by atoms with van der Waals surface area (Å²) in [6.45, 7) is 2.41. The molecule has 0 unspecified atom stereocenters. The third-order valence-electron chi connectivity index (χ3n) is 3.05. The monoisotopic (exact) mass is 273 g/mol. The number of piperidine rings is 1. The Balaban J connectivity index is 2.46. The van der Waals surface area contributed by atoms with E-state index in [1.165, 1.54) is 4.90 Å². The lowest BCUT2D eigenvalue weighted by atomic mass is 10.0. The first kappa shape index (κ1) is 15.9. The summed E-state index contributed by atoms with van der Waals surface area (Å²) in [6.07, 6.45) is 1.66. The van der Waals surface area contributed by atoms with Gasteiger partial charge in [0.1, 0.15) is 6.61 Å². The third-order valence-corrected chi connectivity index (χ3v) is 3.05. The number of nitrogens with one attached hydrogen (secondary N) is 1. The minimum atomic E-state index is -0.497. The molecule has 1 fully saturated rings. The van der Waals surface area contributed by atoms with Crippen molar-refractivity contribution in [2.45, 2.75) is 18.9 Å². The molecule has 1 aliphatic heterocycles. The summed E-state index contributed by atoms with van der Waals surface area (Å²) in [7, 11) is 1.57. The summed E-state index contributed by atoms with van der Waals surface area (Å²) >= 11 is 0. The van der Waals surface area contributed by atoms with Gasteiger partial charge in [0, 0.05) is 13.2 Å². The fourth-order valence-electron chi connectivity index (χ4n) is 2.09. The normalized spacial score (nSPS) is 16.3. The van der Waals surface area contributed by atoms with E-state index < -0.39 is 5.91 Å². The van der Waals surface area contributed by atoms with Gasteiger partial charge in [-0.3, -0.25) is 9.59 Å². The Bertz CT molecular complexity index is 293. The average Bonchev–Trinajstić information content (AvgIpc) is 2.41. The second kappa shape index (κ2) is 8.84. The standard InChI is InChI=1S/C12H23N3O4/c1-18-6-7-19-9-12(17)15(8-11(13)16)10-2-4-14-5-3-10/h10,14H,2-9H2,1H3,(H2,13,16). The summed E-state index contributed by atoms with van der Waals surface area (Å²) in [6, 6.07) is 0.0623. The van der Waals surface area contributed by atoms with E-state index in [0.717, 1.165) is 25.9 Å². The first-order valence-electron chi connectivity index (χ1n) is 6.50. The molecule has 2 amide bonds. The second-order valence-corrected chi connectivity index (χ2v) is 4.51. The van der Waals surface area contributed by atoms with Crippen LogP contribution in [0.5, 0.6) is 0 Å². The molecule has 0 aliphatic carbocycles. The highest BCUT2D eigenvalue weighted by atomic mass is 16.5. The van der Waals surface area contributed by atoms with Gasteiger partial charge in [-0.15, -0.1) is 0 Å². The lowest BCUT2D eigenvalue weighted by Gasteiger charge is -2.33. The van der Waals surface area contributed by atoms with Crippen LogP contribution >= 0.6 is 0 Å². The number of amides is 2. The fourth-order valence-corrected chi connectivity index (χ4v) is 2.09. The van der Waals surface area contributed by atoms with Gasteiger partial charge in [0.2, 0.25) is 11.8 Å². The van der Waals surface area contributed by atoms with Gasteiger partial charge in [-0.25, -0.2) is 0 Å². The van der Waals surface area contributed by atoms with Gasteiger partial charge in [0.25, 0.3) is 0 Å².